The minimum Gasteiger partial charge on any atom is -0.305 e. The van der Waals surface area contributed by atoms with Crippen LogP contribution in [-0.2, 0) is 7.05 Å². The number of rotatable bonds is 4. The van der Waals surface area contributed by atoms with Crippen molar-refractivity contribution in [3.63, 3.8) is 0 Å². The molecule has 90 valence electrons. The van der Waals surface area contributed by atoms with Gasteiger partial charge in [0.25, 0.3) is 0 Å². The molecule has 0 aliphatic carbocycles. The SMILES string of the molecule is CCNC(c1cnn(C)c1)c1ccnc(C)n1. The number of hydrogen-bond donors (Lipinski definition) is 1. The fraction of sp³-hybridized carbons (Fsp3) is 0.417. The molecule has 0 bridgehead atoms. The van der Waals surface area contributed by atoms with Crippen molar-refractivity contribution in [2.45, 2.75) is 19.9 Å². The summed E-state index contributed by atoms with van der Waals surface area (Å²) < 4.78 is 1.80. The third-order valence-corrected chi connectivity index (χ3v) is 2.56. The van der Waals surface area contributed by atoms with Crippen LogP contribution in [0.2, 0.25) is 0 Å². The zero-order valence-corrected chi connectivity index (χ0v) is 10.4. The van der Waals surface area contributed by atoms with Gasteiger partial charge in [-0.15, -0.1) is 0 Å². The van der Waals surface area contributed by atoms with Crippen molar-refractivity contribution < 1.29 is 0 Å². The molecule has 0 aliphatic rings. The first-order valence-corrected chi connectivity index (χ1v) is 5.72. The van der Waals surface area contributed by atoms with E-state index in [1.165, 1.54) is 0 Å². The number of hydrogen-bond acceptors (Lipinski definition) is 4. The summed E-state index contributed by atoms with van der Waals surface area (Å²) in [6.07, 6.45) is 5.66. The van der Waals surface area contributed by atoms with Gasteiger partial charge in [-0.2, -0.15) is 5.10 Å². The zero-order chi connectivity index (χ0) is 12.3. The highest BCUT2D eigenvalue weighted by Gasteiger charge is 2.16. The maximum Gasteiger partial charge on any atom is 0.125 e. The molecular weight excluding hydrogens is 214 g/mol. The standard InChI is InChI=1S/C12H17N5/c1-4-13-12(10-7-15-17(3)8-10)11-5-6-14-9(2)16-11/h5-8,12-13H,4H2,1-3H3. The summed E-state index contributed by atoms with van der Waals surface area (Å²) in [5.41, 5.74) is 2.10. The van der Waals surface area contributed by atoms with Crippen LogP contribution in [0, 0.1) is 6.92 Å². The summed E-state index contributed by atoms with van der Waals surface area (Å²) in [6, 6.07) is 2.02. The van der Waals surface area contributed by atoms with Crippen LogP contribution in [0.25, 0.3) is 0 Å². The molecule has 1 atom stereocenters. The molecule has 2 rings (SSSR count). The topological polar surface area (TPSA) is 55.6 Å². The van der Waals surface area contributed by atoms with Crippen molar-refractivity contribution in [3.8, 4) is 0 Å². The molecule has 0 aromatic carbocycles. The highest BCUT2D eigenvalue weighted by Crippen LogP contribution is 2.19. The summed E-state index contributed by atoms with van der Waals surface area (Å²) in [5.74, 6) is 0.786. The molecular formula is C12H17N5. The van der Waals surface area contributed by atoms with Gasteiger partial charge in [0, 0.05) is 25.0 Å². The number of nitrogens with zero attached hydrogens (tertiary/aromatic N) is 4. The molecule has 17 heavy (non-hydrogen) atoms. The Labute approximate surface area is 101 Å². The third kappa shape index (κ3) is 2.68. The molecule has 2 aromatic rings. The Hall–Kier alpha value is -1.75. The van der Waals surface area contributed by atoms with Crippen LogP contribution >= 0.6 is 0 Å². The van der Waals surface area contributed by atoms with Gasteiger partial charge in [0.1, 0.15) is 5.82 Å². The molecule has 1 unspecified atom stereocenters. The van der Waals surface area contributed by atoms with Gasteiger partial charge in [-0.05, 0) is 19.5 Å². The molecule has 2 heterocycles. The van der Waals surface area contributed by atoms with Crippen LogP contribution in [-0.4, -0.2) is 26.3 Å². The molecule has 1 N–H and O–H groups in total. The first-order valence-electron chi connectivity index (χ1n) is 5.72. The van der Waals surface area contributed by atoms with Gasteiger partial charge in [-0.3, -0.25) is 4.68 Å². The monoisotopic (exact) mass is 231 g/mol. The molecule has 0 amide bonds. The lowest BCUT2D eigenvalue weighted by Gasteiger charge is -2.15. The second kappa shape index (κ2) is 5.05. The predicted octanol–water partition coefficient (Wildman–Crippen LogP) is 1.22. The fourth-order valence-corrected chi connectivity index (χ4v) is 1.82. The zero-order valence-electron chi connectivity index (χ0n) is 10.4. The summed E-state index contributed by atoms with van der Waals surface area (Å²) in [7, 11) is 1.91. The fourth-order valence-electron chi connectivity index (χ4n) is 1.82. The van der Waals surface area contributed by atoms with Crippen LogP contribution in [0.15, 0.2) is 24.7 Å². The van der Waals surface area contributed by atoms with Crippen LogP contribution in [0.5, 0.6) is 0 Å². The first kappa shape index (κ1) is 11.7. The van der Waals surface area contributed by atoms with E-state index in [0.717, 1.165) is 23.6 Å². The summed E-state index contributed by atoms with van der Waals surface area (Å²) >= 11 is 0. The largest absolute Gasteiger partial charge is 0.305 e. The Morgan fingerprint density at radius 2 is 2.29 bits per heavy atom. The van der Waals surface area contributed by atoms with Crippen molar-refractivity contribution in [2.24, 2.45) is 7.05 Å². The third-order valence-electron chi connectivity index (χ3n) is 2.56. The highest BCUT2D eigenvalue weighted by atomic mass is 15.2. The summed E-state index contributed by atoms with van der Waals surface area (Å²) in [6.45, 7) is 4.86. The molecule has 0 fully saturated rings. The molecule has 0 saturated carbocycles. The van der Waals surface area contributed by atoms with Gasteiger partial charge in [0.2, 0.25) is 0 Å². The smallest absolute Gasteiger partial charge is 0.125 e. The van der Waals surface area contributed by atoms with E-state index in [9.17, 15) is 0 Å². The minimum absolute atomic E-state index is 0.0791. The van der Waals surface area contributed by atoms with Gasteiger partial charge in [0.15, 0.2) is 0 Å². The Kier molecular flexibility index (Phi) is 3.49. The maximum atomic E-state index is 4.47. The second-order valence-electron chi connectivity index (χ2n) is 3.97. The molecule has 2 aromatic heterocycles. The second-order valence-corrected chi connectivity index (χ2v) is 3.97. The van der Waals surface area contributed by atoms with Crippen molar-refractivity contribution >= 4 is 0 Å². The van der Waals surface area contributed by atoms with E-state index in [1.807, 2.05) is 32.4 Å². The Bertz CT molecular complexity index is 491. The lowest BCUT2D eigenvalue weighted by Crippen LogP contribution is -2.23. The van der Waals surface area contributed by atoms with E-state index in [4.69, 9.17) is 0 Å². The van der Waals surface area contributed by atoms with Gasteiger partial charge in [-0.1, -0.05) is 6.92 Å². The van der Waals surface area contributed by atoms with E-state index in [-0.39, 0.29) is 6.04 Å². The molecule has 0 radical (unpaired) electrons. The van der Waals surface area contributed by atoms with Crippen LogP contribution in [0.3, 0.4) is 0 Å². The predicted molar refractivity (Wildman–Crippen MR) is 65.5 cm³/mol. The normalized spacial score (nSPS) is 12.6. The highest BCUT2D eigenvalue weighted by molar-refractivity contribution is 5.23. The molecule has 0 spiro atoms. The van der Waals surface area contributed by atoms with Crippen LogP contribution in [0.4, 0.5) is 0 Å². The molecule has 5 nitrogen and oxygen atoms in total. The maximum absolute atomic E-state index is 4.47. The van der Waals surface area contributed by atoms with Crippen molar-refractivity contribution in [1.29, 1.82) is 0 Å². The number of nitrogens with one attached hydrogen (secondary N) is 1. The Morgan fingerprint density at radius 3 is 2.88 bits per heavy atom. The van der Waals surface area contributed by atoms with Crippen LogP contribution < -0.4 is 5.32 Å². The van der Waals surface area contributed by atoms with E-state index in [2.05, 4.69) is 27.3 Å². The van der Waals surface area contributed by atoms with Gasteiger partial charge < -0.3 is 5.32 Å². The molecule has 0 aliphatic heterocycles. The van der Waals surface area contributed by atoms with Crippen molar-refractivity contribution in [2.75, 3.05) is 6.54 Å². The van der Waals surface area contributed by atoms with E-state index in [1.54, 1.807) is 10.9 Å². The number of aromatic nitrogens is 4. The lowest BCUT2D eigenvalue weighted by atomic mass is 10.1. The average molecular weight is 231 g/mol. The van der Waals surface area contributed by atoms with E-state index in [0.29, 0.717) is 0 Å². The minimum atomic E-state index is 0.0791. The van der Waals surface area contributed by atoms with E-state index >= 15 is 0 Å². The average Bonchev–Trinajstić information content (AvgIpc) is 2.72. The van der Waals surface area contributed by atoms with Gasteiger partial charge in [-0.25, -0.2) is 9.97 Å². The van der Waals surface area contributed by atoms with Gasteiger partial charge >= 0.3 is 0 Å². The summed E-state index contributed by atoms with van der Waals surface area (Å²) in [4.78, 5) is 8.59. The van der Waals surface area contributed by atoms with Crippen molar-refractivity contribution in [3.05, 3.63) is 41.7 Å². The quantitative estimate of drug-likeness (QED) is 0.859. The van der Waals surface area contributed by atoms with Crippen LogP contribution in [0.1, 0.15) is 30.0 Å². The summed E-state index contributed by atoms with van der Waals surface area (Å²) in [5, 5.41) is 7.61. The van der Waals surface area contributed by atoms with Crippen molar-refractivity contribution in [1.82, 2.24) is 25.1 Å². The number of aryl methyl sites for hydroxylation is 2. The Balaban J connectivity index is 2.35. The first-order chi connectivity index (χ1) is 8.20. The molecule has 5 heteroatoms. The van der Waals surface area contributed by atoms with E-state index < -0.39 is 0 Å². The Morgan fingerprint density at radius 1 is 1.47 bits per heavy atom. The molecule has 0 saturated heterocycles. The van der Waals surface area contributed by atoms with Gasteiger partial charge in [0.05, 0.1) is 17.9 Å². The lowest BCUT2D eigenvalue weighted by molar-refractivity contribution is 0.611.